The summed E-state index contributed by atoms with van der Waals surface area (Å²) in [5.41, 5.74) is 5.43. The lowest BCUT2D eigenvalue weighted by molar-refractivity contribution is -0.134. The van der Waals surface area contributed by atoms with Crippen LogP contribution in [0.2, 0.25) is 0 Å². The van der Waals surface area contributed by atoms with E-state index in [1.807, 2.05) is 22.8 Å². The van der Waals surface area contributed by atoms with Gasteiger partial charge in [0.2, 0.25) is 5.76 Å². The Bertz CT molecular complexity index is 1000. The largest absolute Gasteiger partial charge is 0.450 e. The van der Waals surface area contributed by atoms with Crippen molar-refractivity contribution in [2.45, 2.75) is 75.5 Å². The molecule has 188 valence electrons. The molecule has 2 unspecified atom stereocenters. The van der Waals surface area contributed by atoms with Gasteiger partial charge in [0, 0.05) is 36.6 Å². The molecule has 2 amide bonds. The van der Waals surface area contributed by atoms with E-state index >= 15 is 0 Å². The Morgan fingerprint density at radius 1 is 1.11 bits per heavy atom. The minimum atomic E-state index is -0.129. The third-order valence-corrected chi connectivity index (χ3v) is 8.95. The number of ether oxygens (including phenoxy) is 1. The fourth-order valence-corrected chi connectivity index (χ4v) is 7.30. The average molecular weight is 481 g/mol. The van der Waals surface area contributed by atoms with Crippen LogP contribution in [0.4, 0.5) is 4.79 Å². The summed E-state index contributed by atoms with van der Waals surface area (Å²) in [4.78, 5) is 37.7. The third-order valence-electron chi connectivity index (χ3n) is 8.95. The molecule has 5 heterocycles. The van der Waals surface area contributed by atoms with E-state index in [1.165, 1.54) is 11.1 Å². The average Bonchev–Trinajstić information content (AvgIpc) is 3.50. The first-order chi connectivity index (χ1) is 17.1. The number of likely N-dealkylation sites (tertiary alicyclic amines) is 1. The molecule has 35 heavy (non-hydrogen) atoms. The van der Waals surface area contributed by atoms with E-state index < -0.39 is 0 Å². The van der Waals surface area contributed by atoms with Crippen molar-refractivity contribution in [3.63, 3.8) is 0 Å². The molecule has 1 spiro atoms. The summed E-state index contributed by atoms with van der Waals surface area (Å²) < 4.78 is 5.34. The zero-order valence-corrected chi connectivity index (χ0v) is 20.6. The van der Waals surface area contributed by atoms with E-state index in [9.17, 15) is 9.59 Å². The molecule has 3 fully saturated rings. The van der Waals surface area contributed by atoms with Crippen molar-refractivity contribution in [1.82, 2.24) is 20.2 Å². The summed E-state index contributed by atoms with van der Waals surface area (Å²) >= 11 is 0. The fraction of sp³-hybridized carbons (Fsp3) is 0.630. The number of nitrogens with zero attached hydrogens (tertiary/aromatic N) is 3. The van der Waals surface area contributed by atoms with Crippen LogP contribution < -0.4 is 5.48 Å². The molecular weight excluding hydrogens is 444 g/mol. The number of benzene rings is 1. The van der Waals surface area contributed by atoms with E-state index in [2.05, 4.69) is 34.6 Å². The molecule has 0 saturated carbocycles. The van der Waals surface area contributed by atoms with E-state index in [4.69, 9.17) is 9.57 Å². The summed E-state index contributed by atoms with van der Waals surface area (Å²) in [6, 6.07) is 9.81. The highest BCUT2D eigenvalue weighted by Crippen LogP contribution is 2.44. The van der Waals surface area contributed by atoms with Crippen molar-refractivity contribution in [2.24, 2.45) is 0 Å². The number of hydrogen-bond donors (Lipinski definition) is 1. The van der Waals surface area contributed by atoms with Crippen LogP contribution in [0.25, 0.3) is 0 Å². The molecule has 0 aromatic heterocycles. The van der Waals surface area contributed by atoms with Crippen LogP contribution in [-0.4, -0.2) is 77.6 Å². The Hall–Kier alpha value is -2.58. The number of rotatable bonds is 3. The van der Waals surface area contributed by atoms with Gasteiger partial charge in [-0.2, -0.15) is 5.48 Å². The predicted octanol–water partition coefficient (Wildman–Crippen LogP) is 2.93. The zero-order valence-electron chi connectivity index (χ0n) is 20.6. The number of nitrogens with one attached hydrogen (secondary N) is 1. The molecule has 1 aromatic rings. The molecule has 5 aliphatic rings. The number of carbonyl (C=O) groups is 2. The first kappa shape index (κ1) is 22.9. The summed E-state index contributed by atoms with van der Waals surface area (Å²) in [5, 5.41) is 0. The van der Waals surface area contributed by atoms with Gasteiger partial charge >= 0.3 is 6.09 Å². The maximum absolute atomic E-state index is 13.2. The second-order valence-electron chi connectivity index (χ2n) is 10.8. The Morgan fingerprint density at radius 2 is 1.86 bits per heavy atom. The molecular formula is C27H36N4O4. The Balaban J connectivity index is 1.16. The highest BCUT2D eigenvalue weighted by atomic mass is 16.7. The molecule has 2 bridgehead atoms. The molecule has 8 nitrogen and oxygen atoms in total. The van der Waals surface area contributed by atoms with Crippen molar-refractivity contribution < 1.29 is 19.2 Å². The van der Waals surface area contributed by atoms with Crippen molar-refractivity contribution in [3.05, 3.63) is 47.2 Å². The van der Waals surface area contributed by atoms with Gasteiger partial charge in [-0.15, -0.1) is 0 Å². The highest BCUT2D eigenvalue weighted by molar-refractivity contribution is 5.92. The van der Waals surface area contributed by atoms with Crippen LogP contribution in [-0.2, 0) is 26.3 Å². The van der Waals surface area contributed by atoms with Gasteiger partial charge in [-0.05, 0) is 75.7 Å². The van der Waals surface area contributed by atoms with Gasteiger partial charge in [0.15, 0.2) is 0 Å². The minimum Gasteiger partial charge on any atom is -0.450 e. The first-order valence-corrected chi connectivity index (χ1v) is 13.2. The van der Waals surface area contributed by atoms with Gasteiger partial charge in [0.05, 0.1) is 13.2 Å². The van der Waals surface area contributed by atoms with Crippen LogP contribution >= 0.6 is 0 Å². The van der Waals surface area contributed by atoms with Crippen LogP contribution in [0.5, 0.6) is 0 Å². The van der Waals surface area contributed by atoms with E-state index in [-0.39, 0.29) is 17.4 Å². The number of amides is 2. The lowest BCUT2D eigenvalue weighted by Crippen LogP contribution is -2.57. The van der Waals surface area contributed by atoms with Crippen LogP contribution in [0.15, 0.2) is 36.1 Å². The maximum atomic E-state index is 13.2. The predicted molar refractivity (Wildman–Crippen MR) is 130 cm³/mol. The van der Waals surface area contributed by atoms with Gasteiger partial charge < -0.3 is 24.3 Å². The summed E-state index contributed by atoms with van der Waals surface area (Å²) in [7, 11) is 0. The second kappa shape index (κ2) is 9.13. The Kier molecular flexibility index (Phi) is 5.96. The standard InChI is InChI=1S/C27H36N4O4/c1-2-34-26(33)31-20-7-8-21(31)16-22(15-20)29-13-10-27(11-14-29)18-30(25(32)24-9-12-28-35-24)17-19-5-3-4-6-23(19)27/h3-6,9,20-22,28H,2,7-8,10-18H2,1H3. The molecule has 6 rings (SSSR count). The van der Waals surface area contributed by atoms with Gasteiger partial charge in [-0.25, -0.2) is 4.79 Å². The number of hydrogen-bond acceptors (Lipinski definition) is 6. The third kappa shape index (κ3) is 4.00. The molecule has 1 N–H and O–H groups in total. The normalized spacial score (nSPS) is 29.5. The number of piperidine rings is 2. The van der Waals surface area contributed by atoms with Gasteiger partial charge in [0.25, 0.3) is 5.91 Å². The quantitative estimate of drug-likeness (QED) is 0.717. The van der Waals surface area contributed by atoms with Gasteiger partial charge in [-0.3, -0.25) is 4.79 Å². The van der Waals surface area contributed by atoms with Gasteiger partial charge in [-0.1, -0.05) is 24.3 Å². The Labute approximate surface area is 207 Å². The Morgan fingerprint density at radius 3 is 2.54 bits per heavy atom. The SMILES string of the molecule is CCOC(=O)N1C2CCC1CC(N1CCC3(CC1)CN(C(=O)C1=CCNO1)Cc1ccccc13)C2. The van der Waals surface area contributed by atoms with Crippen LogP contribution in [0.1, 0.15) is 56.6 Å². The number of carbonyl (C=O) groups excluding carboxylic acids is 2. The lowest BCUT2D eigenvalue weighted by atomic mass is 9.68. The van der Waals surface area contributed by atoms with E-state index in [0.717, 1.165) is 58.2 Å². The molecule has 5 aliphatic heterocycles. The van der Waals surface area contributed by atoms with Crippen molar-refractivity contribution in [1.29, 1.82) is 0 Å². The molecule has 0 radical (unpaired) electrons. The topological polar surface area (TPSA) is 74.4 Å². The minimum absolute atomic E-state index is 0.0157. The molecule has 0 aliphatic carbocycles. The smallest absolute Gasteiger partial charge is 0.410 e. The monoisotopic (exact) mass is 480 g/mol. The second-order valence-corrected chi connectivity index (χ2v) is 10.8. The summed E-state index contributed by atoms with van der Waals surface area (Å²) in [6.07, 6.45) is 8.05. The van der Waals surface area contributed by atoms with Crippen molar-refractivity contribution in [3.8, 4) is 0 Å². The molecule has 8 heteroatoms. The van der Waals surface area contributed by atoms with E-state index in [0.29, 0.717) is 43.6 Å². The van der Waals surface area contributed by atoms with E-state index in [1.54, 1.807) is 0 Å². The first-order valence-electron chi connectivity index (χ1n) is 13.2. The summed E-state index contributed by atoms with van der Waals surface area (Å²) in [6.45, 7) is 6.32. The molecule has 1 aromatic carbocycles. The molecule has 3 saturated heterocycles. The summed E-state index contributed by atoms with van der Waals surface area (Å²) in [5.74, 6) is 0.398. The van der Waals surface area contributed by atoms with Crippen molar-refractivity contribution >= 4 is 12.0 Å². The lowest BCUT2D eigenvalue weighted by Gasteiger charge is -2.51. The highest BCUT2D eigenvalue weighted by Gasteiger charge is 2.48. The zero-order chi connectivity index (χ0) is 24.0. The number of fused-ring (bicyclic) bond motifs is 4. The van der Waals surface area contributed by atoms with Crippen molar-refractivity contribution in [2.75, 3.05) is 32.8 Å². The number of hydroxylamine groups is 1. The van der Waals surface area contributed by atoms with Gasteiger partial charge in [0.1, 0.15) is 0 Å². The van der Waals surface area contributed by atoms with Crippen LogP contribution in [0.3, 0.4) is 0 Å². The maximum Gasteiger partial charge on any atom is 0.410 e. The fourth-order valence-electron chi connectivity index (χ4n) is 7.30. The van der Waals surface area contributed by atoms with Crippen LogP contribution in [0, 0.1) is 0 Å². The molecule has 2 atom stereocenters.